The molecule has 30 heavy (non-hydrogen) atoms. The molecule has 1 aromatic carbocycles. The molecule has 4 rings (SSSR count). The Morgan fingerprint density at radius 3 is 2.77 bits per heavy atom. The lowest BCUT2D eigenvalue weighted by molar-refractivity contribution is 0.0574. The third-order valence-electron chi connectivity index (χ3n) is 6.55. The van der Waals surface area contributed by atoms with Gasteiger partial charge in [0.15, 0.2) is 0 Å². The molecule has 0 bridgehead atoms. The Morgan fingerprint density at radius 2 is 1.97 bits per heavy atom. The van der Waals surface area contributed by atoms with Crippen molar-refractivity contribution in [3.63, 3.8) is 0 Å². The summed E-state index contributed by atoms with van der Waals surface area (Å²) in [7, 11) is 5.04. The number of carbonyl (C=O) groups excluding carboxylic acids is 1. The van der Waals surface area contributed by atoms with Crippen LogP contribution in [0.5, 0.6) is 11.5 Å². The number of fused-ring (bicyclic) bond motifs is 1. The molecule has 2 atom stereocenters. The lowest BCUT2D eigenvalue weighted by Crippen LogP contribution is -2.51. The fourth-order valence-electron chi connectivity index (χ4n) is 4.95. The summed E-state index contributed by atoms with van der Waals surface area (Å²) in [5.41, 5.74) is 2.09. The highest BCUT2D eigenvalue weighted by Gasteiger charge is 2.33. The maximum atomic E-state index is 12.9. The lowest BCUT2D eigenvalue weighted by Gasteiger charge is -2.44. The van der Waals surface area contributed by atoms with Crippen molar-refractivity contribution in [3.05, 3.63) is 30.0 Å². The Labute approximate surface area is 178 Å². The van der Waals surface area contributed by atoms with Crippen molar-refractivity contribution >= 4 is 5.91 Å². The lowest BCUT2D eigenvalue weighted by atomic mass is 9.83. The number of rotatable bonds is 6. The number of benzene rings is 1. The number of piperidine rings is 2. The predicted molar refractivity (Wildman–Crippen MR) is 116 cm³/mol. The van der Waals surface area contributed by atoms with E-state index in [1.54, 1.807) is 25.9 Å². The maximum Gasteiger partial charge on any atom is 0.269 e. The van der Waals surface area contributed by atoms with E-state index in [0.717, 1.165) is 12.1 Å². The molecule has 7 heteroatoms. The van der Waals surface area contributed by atoms with Crippen LogP contribution in [0.25, 0.3) is 11.3 Å². The van der Waals surface area contributed by atoms with Crippen LogP contribution in [0.2, 0.25) is 0 Å². The standard InChI is InChI=1S/C23H32N4O3/c1-26-21(14-19(25-26)18-10-9-17(29-2)13-22(18)30-3)23(28)24-15-16-7-6-12-27-11-5-4-8-20(16)27/h9-10,13-14,16,20H,4-8,11-12,15H2,1-3H3,(H,24,28). The average molecular weight is 413 g/mol. The fraction of sp³-hybridized carbons (Fsp3) is 0.565. The molecule has 2 saturated heterocycles. The number of carbonyl (C=O) groups is 1. The zero-order valence-corrected chi connectivity index (χ0v) is 18.2. The molecule has 2 aromatic rings. The molecule has 2 fully saturated rings. The van der Waals surface area contributed by atoms with Crippen LogP contribution in [-0.2, 0) is 7.05 Å². The number of aromatic nitrogens is 2. The first-order valence-corrected chi connectivity index (χ1v) is 10.9. The van der Waals surface area contributed by atoms with Gasteiger partial charge in [-0.1, -0.05) is 6.42 Å². The number of methoxy groups -OCH3 is 2. The van der Waals surface area contributed by atoms with E-state index < -0.39 is 0 Å². The van der Waals surface area contributed by atoms with Gasteiger partial charge in [0.25, 0.3) is 5.91 Å². The van der Waals surface area contributed by atoms with Gasteiger partial charge in [0.1, 0.15) is 17.2 Å². The average Bonchev–Trinajstić information content (AvgIpc) is 3.18. The van der Waals surface area contributed by atoms with Gasteiger partial charge in [-0.3, -0.25) is 9.48 Å². The Bertz CT molecular complexity index is 893. The maximum absolute atomic E-state index is 12.9. The number of ether oxygens (including phenoxy) is 2. The van der Waals surface area contributed by atoms with Crippen LogP contribution < -0.4 is 14.8 Å². The number of nitrogens with one attached hydrogen (secondary N) is 1. The van der Waals surface area contributed by atoms with E-state index in [1.807, 2.05) is 24.3 Å². The largest absolute Gasteiger partial charge is 0.497 e. The molecule has 7 nitrogen and oxygen atoms in total. The molecule has 2 aliphatic rings. The summed E-state index contributed by atoms with van der Waals surface area (Å²) in [5, 5.41) is 7.73. The van der Waals surface area contributed by atoms with E-state index in [1.165, 1.54) is 45.2 Å². The summed E-state index contributed by atoms with van der Waals surface area (Å²) < 4.78 is 12.4. The Kier molecular flexibility index (Phi) is 6.27. The summed E-state index contributed by atoms with van der Waals surface area (Å²) in [4.78, 5) is 15.6. The molecule has 0 saturated carbocycles. The van der Waals surface area contributed by atoms with E-state index in [4.69, 9.17) is 9.47 Å². The third kappa shape index (κ3) is 4.17. The molecule has 1 aromatic heterocycles. The van der Waals surface area contributed by atoms with Crippen molar-refractivity contribution in [1.29, 1.82) is 0 Å². The van der Waals surface area contributed by atoms with Crippen LogP contribution in [0, 0.1) is 5.92 Å². The smallest absolute Gasteiger partial charge is 0.269 e. The summed E-state index contributed by atoms with van der Waals surface area (Å²) in [6, 6.07) is 8.04. The molecular weight excluding hydrogens is 380 g/mol. The predicted octanol–water partition coefficient (Wildman–Crippen LogP) is 3.10. The molecule has 0 spiro atoms. The van der Waals surface area contributed by atoms with Crippen molar-refractivity contribution in [2.24, 2.45) is 13.0 Å². The van der Waals surface area contributed by atoms with Crippen LogP contribution >= 0.6 is 0 Å². The number of hydrogen-bond donors (Lipinski definition) is 1. The van der Waals surface area contributed by atoms with E-state index in [-0.39, 0.29) is 5.91 Å². The molecule has 3 heterocycles. The van der Waals surface area contributed by atoms with Crippen LogP contribution in [-0.4, -0.2) is 60.5 Å². The summed E-state index contributed by atoms with van der Waals surface area (Å²) >= 11 is 0. The quantitative estimate of drug-likeness (QED) is 0.790. The van der Waals surface area contributed by atoms with Gasteiger partial charge in [0, 0.05) is 31.3 Å². The van der Waals surface area contributed by atoms with E-state index in [0.29, 0.717) is 34.8 Å². The summed E-state index contributed by atoms with van der Waals surface area (Å²) in [5.74, 6) is 1.85. The second kappa shape index (κ2) is 9.08. The van der Waals surface area contributed by atoms with E-state index in [9.17, 15) is 4.79 Å². The van der Waals surface area contributed by atoms with Gasteiger partial charge >= 0.3 is 0 Å². The van der Waals surface area contributed by atoms with Gasteiger partial charge in [0.2, 0.25) is 0 Å². The van der Waals surface area contributed by atoms with E-state index >= 15 is 0 Å². The highest BCUT2D eigenvalue weighted by molar-refractivity contribution is 5.94. The Hall–Kier alpha value is -2.54. The van der Waals surface area contributed by atoms with Gasteiger partial charge < -0.3 is 19.7 Å². The van der Waals surface area contributed by atoms with Gasteiger partial charge in [0.05, 0.1) is 19.9 Å². The molecule has 1 N–H and O–H groups in total. The Balaban J connectivity index is 1.46. The normalized spacial score (nSPS) is 21.7. The minimum Gasteiger partial charge on any atom is -0.497 e. The number of amides is 1. The number of aryl methyl sites for hydroxylation is 1. The first kappa shape index (κ1) is 20.7. The first-order valence-electron chi connectivity index (χ1n) is 10.9. The molecule has 162 valence electrons. The first-order chi connectivity index (χ1) is 14.6. The van der Waals surface area contributed by atoms with Crippen molar-refractivity contribution < 1.29 is 14.3 Å². The highest BCUT2D eigenvalue weighted by atomic mass is 16.5. The van der Waals surface area contributed by atoms with Gasteiger partial charge in [-0.25, -0.2) is 0 Å². The van der Waals surface area contributed by atoms with Gasteiger partial charge in [-0.2, -0.15) is 5.10 Å². The van der Waals surface area contributed by atoms with Gasteiger partial charge in [-0.15, -0.1) is 0 Å². The minimum absolute atomic E-state index is 0.0725. The van der Waals surface area contributed by atoms with Crippen molar-refractivity contribution in [2.45, 2.75) is 38.1 Å². The Morgan fingerprint density at radius 1 is 1.13 bits per heavy atom. The second-order valence-electron chi connectivity index (χ2n) is 8.32. The highest BCUT2D eigenvalue weighted by Crippen LogP contribution is 2.33. The van der Waals surface area contributed by atoms with Crippen molar-refractivity contribution in [1.82, 2.24) is 20.0 Å². The van der Waals surface area contributed by atoms with Crippen molar-refractivity contribution in [3.8, 4) is 22.8 Å². The van der Waals surface area contributed by atoms with Crippen LogP contribution in [0.1, 0.15) is 42.6 Å². The molecule has 1 amide bonds. The SMILES string of the molecule is COc1ccc(-c2cc(C(=O)NCC3CCCN4CCCCC34)n(C)n2)c(OC)c1. The zero-order valence-electron chi connectivity index (χ0n) is 18.2. The zero-order chi connectivity index (χ0) is 21.1. The number of hydrogen-bond acceptors (Lipinski definition) is 5. The van der Waals surface area contributed by atoms with Crippen LogP contribution in [0.15, 0.2) is 24.3 Å². The molecule has 0 radical (unpaired) electrons. The number of nitrogens with zero attached hydrogens (tertiary/aromatic N) is 3. The van der Waals surface area contributed by atoms with Crippen LogP contribution in [0.4, 0.5) is 0 Å². The van der Waals surface area contributed by atoms with Crippen molar-refractivity contribution in [2.75, 3.05) is 33.9 Å². The second-order valence-corrected chi connectivity index (χ2v) is 8.32. The van der Waals surface area contributed by atoms with Crippen LogP contribution in [0.3, 0.4) is 0 Å². The molecule has 2 aliphatic heterocycles. The molecule has 0 aliphatic carbocycles. The molecular formula is C23H32N4O3. The minimum atomic E-state index is -0.0725. The summed E-state index contributed by atoms with van der Waals surface area (Å²) in [6.07, 6.45) is 6.29. The monoisotopic (exact) mass is 412 g/mol. The fourth-order valence-corrected chi connectivity index (χ4v) is 4.95. The topological polar surface area (TPSA) is 68.6 Å². The van der Waals surface area contributed by atoms with Gasteiger partial charge in [-0.05, 0) is 62.9 Å². The third-order valence-corrected chi connectivity index (χ3v) is 6.55. The molecule has 2 unspecified atom stereocenters. The van der Waals surface area contributed by atoms with E-state index in [2.05, 4.69) is 15.3 Å². The summed E-state index contributed by atoms with van der Waals surface area (Å²) in [6.45, 7) is 3.15.